The normalized spacial score (nSPS) is 20.8. The number of methoxy groups -OCH3 is 2. The fourth-order valence-corrected chi connectivity index (χ4v) is 5.95. The van der Waals surface area contributed by atoms with Crippen LogP contribution in [0.15, 0.2) is 36.8 Å². The van der Waals surface area contributed by atoms with Crippen molar-refractivity contribution in [3.8, 4) is 23.1 Å². The number of imidazole rings is 1. The van der Waals surface area contributed by atoms with Crippen LogP contribution in [0.2, 0.25) is 0 Å². The van der Waals surface area contributed by atoms with Crippen molar-refractivity contribution in [3.63, 3.8) is 0 Å². The minimum Gasteiger partial charge on any atom is -0.480 e. The molecule has 3 aliphatic rings. The van der Waals surface area contributed by atoms with Crippen LogP contribution in [0.25, 0.3) is 16.9 Å². The van der Waals surface area contributed by atoms with Gasteiger partial charge in [-0.3, -0.25) is 4.79 Å². The molecule has 1 aromatic carbocycles. The summed E-state index contributed by atoms with van der Waals surface area (Å²) < 4.78 is 67.7. The first kappa shape index (κ1) is 24.7. The molecule has 0 N–H and O–H groups in total. The predicted molar refractivity (Wildman–Crippen MR) is 133 cm³/mol. The molecule has 0 saturated heterocycles. The van der Waals surface area contributed by atoms with Gasteiger partial charge in [-0.05, 0) is 54.9 Å². The number of hydrogen-bond donors (Lipinski definition) is 0. The zero-order chi connectivity index (χ0) is 28.0. The summed E-state index contributed by atoms with van der Waals surface area (Å²) in [6, 6.07) is 4.92. The van der Waals surface area contributed by atoms with Gasteiger partial charge in [-0.1, -0.05) is 0 Å². The van der Waals surface area contributed by atoms with E-state index >= 15 is 4.39 Å². The molecule has 0 radical (unpaired) electrons. The van der Waals surface area contributed by atoms with Gasteiger partial charge in [0.1, 0.15) is 12.4 Å². The van der Waals surface area contributed by atoms with Gasteiger partial charge in [0.2, 0.25) is 11.8 Å². The van der Waals surface area contributed by atoms with Gasteiger partial charge in [0, 0.05) is 29.7 Å². The van der Waals surface area contributed by atoms with Crippen molar-refractivity contribution >= 4 is 17.2 Å². The van der Waals surface area contributed by atoms with Crippen LogP contribution in [0.1, 0.15) is 47.8 Å². The maximum Gasteiger partial charge on any atom is 0.406 e. The number of carbonyl (C=O) groups excluding carboxylic acids is 1. The summed E-state index contributed by atoms with van der Waals surface area (Å²) >= 11 is 0. The van der Waals surface area contributed by atoms with Crippen molar-refractivity contribution in [1.29, 1.82) is 0 Å². The second-order valence-corrected chi connectivity index (χ2v) is 10.4. The van der Waals surface area contributed by atoms with E-state index in [1.165, 1.54) is 20.3 Å². The highest BCUT2D eigenvalue weighted by Crippen LogP contribution is 2.61. The molecule has 2 fully saturated rings. The molecule has 206 valence electrons. The number of anilines is 1. The number of fused-ring (bicyclic) bond motifs is 3. The molecule has 0 bridgehead atoms. The van der Waals surface area contributed by atoms with Gasteiger partial charge in [-0.2, -0.15) is 23.3 Å². The molecule has 40 heavy (non-hydrogen) atoms. The summed E-state index contributed by atoms with van der Waals surface area (Å²) in [5.41, 5.74) is 2.00. The average Bonchev–Trinajstić information content (AvgIpc) is 3.83. The van der Waals surface area contributed by atoms with Crippen LogP contribution in [-0.4, -0.2) is 57.4 Å². The largest absolute Gasteiger partial charge is 0.480 e. The summed E-state index contributed by atoms with van der Waals surface area (Å²) in [6.07, 6.45) is 1.57. The van der Waals surface area contributed by atoms with Gasteiger partial charge in [-0.25, -0.2) is 18.9 Å². The van der Waals surface area contributed by atoms with E-state index in [2.05, 4.69) is 20.1 Å². The second-order valence-electron chi connectivity index (χ2n) is 10.4. The van der Waals surface area contributed by atoms with Gasteiger partial charge in [0.25, 0.3) is 0 Å². The third kappa shape index (κ3) is 3.70. The number of rotatable bonds is 6. The molecular formula is C27H22F4N6O3. The van der Waals surface area contributed by atoms with Crippen molar-refractivity contribution in [2.45, 2.75) is 42.7 Å². The van der Waals surface area contributed by atoms with Crippen molar-refractivity contribution in [1.82, 2.24) is 24.6 Å². The number of ether oxygens (including phenoxy) is 2. The van der Waals surface area contributed by atoms with Crippen LogP contribution in [0.3, 0.4) is 0 Å². The summed E-state index contributed by atoms with van der Waals surface area (Å²) in [5, 5.41) is 4.62. The van der Waals surface area contributed by atoms with E-state index in [0.717, 1.165) is 5.56 Å². The van der Waals surface area contributed by atoms with Gasteiger partial charge >= 0.3 is 12.2 Å². The highest BCUT2D eigenvalue weighted by atomic mass is 19.4. The molecule has 1 amide bonds. The number of carbonyl (C=O) groups is 1. The number of alkyl halides is 3. The van der Waals surface area contributed by atoms with E-state index in [-0.39, 0.29) is 35.0 Å². The molecule has 0 unspecified atom stereocenters. The van der Waals surface area contributed by atoms with E-state index in [0.29, 0.717) is 46.6 Å². The lowest BCUT2D eigenvalue weighted by Gasteiger charge is -2.20. The van der Waals surface area contributed by atoms with Crippen molar-refractivity contribution in [3.05, 3.63) is 59.3 Å². The van der Waals surface area contributed by atoms with Crippen molar-refractivity contribution in [2.75, 3.05) is 25.7 Å². The van der Waals surface area contributed by atoms with Gasteiger partial charge < -0.3 is 14.4 Å². The molecule has 3 aromatic heterocycles. The molecular weight excluding hydrogens is 532 g/mol. The molecule has 1 aliphatic heterocycles. The molecule has 4 aromatic rings. The minimum atomic E-state index is -4.60. The van der Waals surface area contributed by atoms with Crippen LogP contribution >= 0.6 is 0 Å². The van der Waals surface area contributed by atoms with E-state index in [1.54, 1.807) is 29.2 Å². The molecule has 2 aliphatic carbocycles. The summed E-state index contributed by atoms with van der Waals surface area (Å²) in [4.78, 5) is 26.5. The fourth-order valence-electron chi connectivity index (χ4n) is 5.95. The average molecular weight is 555 g/mol. The first-order valence-corrected chi connectivity index (χ1v) is 12.7. The molecule has 2 saturated carbocycles. The Labute approximate surface area is 224 Å². The Morgan fingerprint density at radius 1 is 1.10 bits per heavy atom. The third-order valence-corrected chi connectivity index (χ3v) is 7.99. The Hall–Kier alpha value is -4.29. The number of hydrogen-bond acceptors (Lipinski definition) is 7. The van der Waals surface area contributed by atoms with Gasteiger partial charge in [0.05, 0.1) is 36.6 Å². The zero-order valence-electron chi connectivity index (χ0n) is 21.4. The van der Waals surface area contributed by atoms with Crippen molar-refractivity contribution < 1.29 is 31.8 Å². The van der Waals surface area contributed by atoms with E-state index in [4.69, 9.17) is 9.47 Å². The standard InChI is InChI=1S/C27H22F4N6O3/c1-39-23-17(11-33-25(34-23)40-2)19-10-16(22-32-5-6-37(22)35-19)15-9-14(15)13-7-18(28)21-20(8-13)36(12-27(29,30)31)24(38)26(21)3-4-26/h5-8,10-11,14-15H,3-4,9,12H2,1-2H3/t14-,15+/m1/s1. The number of halogens is 4. The zero-order valence-corrected chi connectivity index (χ0v) is 21.4. The van der Waals surface area contributed by atoms with Crippen LogP contribution in [0, 0.1) is 5.82 Å². The second kappa shape index (κ2) is 8.35. The molecule has 2 atom stereocenters. The van der Waals surface area contributed by atoms with Gasteiger partial charge in [0.15, 0.2) is 5.65 Å². The first-order chi connectivity index (χ1) is 19.1. The first-order valence-electron chi connectivity index (χ1n) is 12.7. The Bertz CT molecular complexity index is 1700. The third-order valence-electron chi connectivity index (χ3n) is 7.99. The molecule has 1 spiro atoms. The predicted octanol–water partition coefficient (Wildman–Crippen LogP) is 4.55. The molecule has 4 heterocycles. The molecule has 9 nitrogen and oxygen atoms in total. The smallest absolute Gasteiger partial charge is 0.406 e. The maximum atomic E-state index is 15.5. The lowest BCUT2D eigenvalue weighted by atomic mass is 9.94. The highest BCUT2D eigenvalue weighted by molar-refractivity contribution is 6.10. The van der Waals surface area contributed by atoms with Crippen LogP contribution in [-0.2, 0) is 10.2 Å². The lowest BCUT2D eigenvalue weighted by molar-refractivity contribution is -0.132. The fraction of sp³-hybridized carbons (Fsp3) is 0.370. The highest BCUT2D eigenvalue weighted by Gasteiger charge is 2.62. The summed E-state index contributed by atoms with van der Waals surface area (Å²) in [5.74, 6) is -1.31. The van der Waals surface area contributed by atoms with E-state index in [9.17, 15) is 18.0 Å². The van der Waals surface area contributed by atoms with Gasteiger partial charge in [-0.15, -0.1) is 0 Å². The Morgan fingerprint density at radius 3 is 2.60 bits per heavy atom. The topological polar surface area (TPSA) is 94.7 Å². The monoisotopic (exact) mass is 554 g/mol. The SMILES string of the molecule is COc1ncc(-c2cc([C@H]3C[C@@H]3c3cc(F)c4c(c3)N(CC(F)(F)F)C(=O)C43CC3)c3nccn3n2)c(OC)n1. The Kier molecular flexibility index (Phi) is 5.17. The number of amides is 1. The quantitative estimate of drug-likeness (QED) is 0.323. The van der Waals surface area contributed by atoms with E-state index in [1.807, 2.05) is 6.07 Å². The van der Waals surface area contributed by atoms with Crippen LogP contribution in [0.5, 0.6) is 11.9 Å². The van der Waals surface area contributed by atoms with Crippen molar-refractivity contribution in [2.24, 2.45) is 0 Å². The summed E-state index contributed by atoms with van der Waals surface area (Å²) in [6.45, 7) is -1.44. The lowest BCUT2D eigenvalue weighted by Crippen LogP contribution is -2.39. The maximum absolute atomic E-state index is 15.5. The van der Waals surface area contributed by atoms with Crippen LogP contribution in [0.4, 0.5) is 23.2 Å². The van der Waals surface area contributed by atoms with Crippen LogP contribution < -0.4 is 14.4 Å². The Morgan fingerprint density at radius 2 is 1.90 bits per heavy atom. The number of aromatic nitrogens is 5. The molecule has 13 heteroatoms. The van der Waals surface area contributed by atoms with E-state index < -0.39 is 29.9 Å². The summed E-state index contributed by atoms with van der Waals surface area (Å²) in [7, 11) is 2.92. The number of nitrogens with zero attached hydrogens (tertiary/aromatic N) is 6. The molecule has 7 rings (SSSR count). The minimum absolute atomic E-state index is 0.0296. The number of benzene rings is 1. The Balaban J connectivity index is 1.27.